The van der Waals surface area contributed by atoms with E-state index in [0.29, 0.717) is 11.4 Å². The summed E-state index contributed by atoms with van der Waals surface area (Å²) in [5.74, 6) is -0.347. The number of nitrogens with zero attached hydrogens (tertiary/aromatic N) is 3. The van der Waals surface area contributed by atoms with E-state index in [4.69, 9.17) is 0 Å². The van der Waals surface area contributed by atoms with Gasteiger partial charge in [-0.15, -0.1) is 11.3 Å². The highest BCUT2D eigenvalue weighted by molar-refractivity contribution is 7.09. The molecule has 1 unspecified atom stereocenters. The minimum atomic E-state index is -0.446. The van der Waals surface area contributed by atoms with Gasteiger partial charge < -0.3 is 10.6 Å². The third-order valence-electron chi connectivity index (χ3n) is 4.85. The summed E-state index contributed by atoms with van der Waals surface area (Å²) in [5, 5.41) is 12.7. The van der Waals surface area contributed by atoms with Crippen LogP contribution in [0.1, 0.15) is 29.2 Å². The van der Waals surface area contributed by atoms with Crippen molar-refractivity contribution in [3.05, 3.63) is 94.7 Å². The maximum atomic E-state index is 12.5. The van der Waals surface area contributed by atoms with Crippen molar-refractivity contribution < 1.29 is 9.59 Å². The van der Waals surface area contributed by atoms with Crippen molar-refractivity contribution in [2.24, 2.45) is 0 Å². The highest BCUT2D eigenvalue weighted by Crippen LogP contribution is 2.19. The van der Waals surface area contributed by atoms with Crippen LogP contribution in [0.3, 0.4) is 0 Å². The highest BCUT2D eigenvalue weighted by atomic mass is 32.1. The molecule has 0 saturated heterocycles. The number of carbonyl (C=O) groups excluding carboxylic acids is 2. The molecule has 4 rings (SSSR count). The Morgan fingerprint density at radius 2 is 1.81 bits per heavy atom. The molecule has 2 aromatic heterocycles. The summed E-state index contributed by atoms with van der Waals surface area (Å²) < 4.78 is 1.58. The molecule has 8 heteroatoms. The molecule has 0 radical (unpaired) electrons. The molecular weight excluding hydrogens is 422 g/mol. The average molecular weight is 446 g/mol. The monoisotopic (exact) mass is 445 g/mol. The molecule has 2 heterocycles. The van der Waals surface area contributed by atoms with Crippen LogP contribution in [0.15, 0.2) is 78.4 Å². The fraction of sp³-hybridized carbons (Fsp3) is 0.167. The van der Waals surface area contributed by atoms with Crippen molar-refractivity contribution in [1.29, 1.82) is 0 Å². The lowest BCUT2D eigenvalue weighted by atomic mass is 10.2. The minimum absolute atomic E-state index is 0.157. The summed E-state index contributed by atoms with van der Waals surface area (Å²) in [6.45, 7) is 1.77. The summed E-state index contributed by atoms with van der Waals surface area (Å²) in [5.41, 5.74) is 3.15. The Labute approximate surface area is 190 Å². The summed E-state index contributed by atoms with van der Waals surface area (Å²) in [6.07, 6.45) is 4.32. The maximum absolute atomic E-state index is 12.5. The molecule has 2 N–H and O–H groups in total. The highest BCUT2D eigenvalue weighted by Gasteiger charge is 2.15. The molecule has 0 saturated carbocycles. The number of carbonyl (C=O) groups is 2. The second-order valence-corrected chi connectivity index (χ2v) is 8.29. The summed E-state index contributed by atoms with van der Waals surface area (Å²) in [7, 11) is 0. The largest absolute Gasteiger partial charge is 0.326 e. The zero-order valence-corrected chi connectivity index (χ0v) is 18.4. The van der Waals surface area contributed by atoms with Gasteiger partial charge in [0.15, 0.2) is 0 Å². The van der Waals surface area contributed by atoms with Crippen molar-refractivity contribution in [3.8, 4) is 0 Å². The van der Waals surface area contributed by atoms with Gasteiger partial charge in [-0.3, -0.25) is 14.3 Å². The smallest absolute Gasteiger partial charge is 0.248 e. The predicted octanol–water partition coefficient (Wildman–Crippen LogP) is 4.31. The predicted molar refractivity (Wildman–Crippen MR) is 126 cm³/mol. The van der Waals surface area contributed by atoms with Crippen molar-refractivity contribution in [2.75, 3.05) is 10.6 Å². The number of thiazole rings is 1. The van der Waals surface area contributed by atoms with Crippen molar-refractivity contribution in [1.82, 2.24) is 14.8 Å². The van der Waals surface area contributed by atoms with Gasteiger partial charge in [0.05, 0.1) is 17.1 Å². The molecule has 1 atom stereocenters. The number of benzene rings is 2. The Morgan fingerprint density at radius 1 is 1.03 bits per heavy atom. The number of anilines is 2. The van der Waals surface area contributed by atoms with E-state index in [2.05, 4.69) is 32.8 Å². The molecule has 32 heavy (non-hydrogen) atoms. The Hall–Kier alpha value is -3.78. The standard InChI is InChI=1S/C24H23N5O2S/c1-17(29-12-6-11-25-29)24(31)28-20-10-5-9-19(14-20)26-22(30)15-21-16-32-23(27-21)13-18-7-3-2-4-8-18/h2-12,14,16-17H,13,15H2,1H3,(H,26,30)(H,28,31). The third-order valence-corrected chi connectivity index (χ3v) is 5.75. The fourth-order valence-corrected chi connectivity index (χ4v) is 4.03. The molecule has 0 bridgehead atoms. The number of nitrogens with one attached hydrogen (secondary N) is 2. The molecule has 0 aliphatic carbocycles. The van der Waals surface area contributed by atoms with E-state index in [0.717, 1.165) is 17.1 Å². The summed E-state index contributed by atoms with van der Waals surface area (Å²) >= 11 is 1.56. The van der Waals surface area contributed by atoms with E-state index in [9.17, 15) is 9.59 Å². The van der Waals surface area contributed by atoms with Gasteiger partial charge in [0.2, 0.25) is 11.8 Å². The first-order chi connectivity index (χ1) is 15.6. The van der Waals surface area contributed by atoms with E-state index in [1.807, 2.05) is 23.6 Å². The number of amides is 2. The van der Waals surface area contributed by atoms with Crippen LogP contribution in [0, 0.1) is 0 Å². The van der Waals surface area contributed by atoms with Crippen molar-refractivity contribution >= 4 is 34.5 Å². The quantitative estimate of drug-likeness (QED) is 0.423. The molecule has 2 aromatic carbocycles. The van der Waals surface area contributed by atoms with Crippen LogP contribution < -0.4 is 10.6 Å². The van der Waals surface area contributed by atoms with Gasteiger partial charge >= 0.3 is 0 Å². The van der Waals surface area contributed by atoms with Gasteiger partial charge in [-0.1, -0.05) is 36.4 Å². The topological polar surface area (TPSA) is 88.9 Å². The first kappa shape index (κ1) is 21.5. The van der Waals surface area contributed by atoms with Crippen LogP contribution in [-0.2, 0) is 22.4 Å². The van der Waals surface area contributed by atoms with Gasteiger partial charge in [0, 0.05) is 35.6 Å². The SMILES string of the molecule is CC(C(=O)Nc1cccc(NC(=O)Cc2csc(Cc3ccccc3)n2)c1)n1cccn1. The van der Waals surface area contributed by atoms with E-state index in [1.54, 1.807) is 65.7 Å². The normalized spacial score (nSPS) is 11.7. The Bertz CT molecular complexity index is 1190. The molecule has 4 aromatic rings. The zero-order chi connectivity index (χ0) is 22.3. The van der Waals surface area contributed by atoms with Crippen LogP contribution in [0.4, 0.5) is 11.4 Å². The van der Waals surface area contributed by atoms with Crippen LogP contribution in [0.5, 0.6) is 0 Å². The number of hydrogen-bond acceptors (Lipinski definition) is 5. The van der Waals surface area contributed by atoms with E-state index >= 15 is 0 Å². The van der Waals surface area contributed by atoms with Gasteiger partial charge in [-0.25, -0.2) is 4.98 Å². The lowest BCUT2D eigenvalue weighted by molar-refractivity contribution is -0.119. The molecule has 0 spiro atoms. The van der Waals surface area contributed by atoms with Crippen LogP contribution in [-0.4, -0.2) is 26.6 Å². The van der Waals surface area contributed by atoms with Gasteiger partial charge in [-0.05, 0) is 36.8 Å². The third kappa shape index (κ3) is 5.67. The first-order valence-corrected chi connectivity index (χ1v) is 11.1. The maximum Gasteiger partial charge on any atom is 0.248 e. The Balaban J connectivity index is 1.32. The van der Waals surface area contributed by atoms with Gasteiger partial charge in [0.1, 0.15) is 6.04 Å². The second-order valence-electron chi connectivity index (χ2n) is 7.35. The number of rotatable bonds is 8. The lowest BCUT2D eigenvalue weighted by Crippen LogP contribution is -2.24. The van der Waals surface area contributed by atoms with Gasteiger partial charge in [-0.2, -0.15) is 5.10 Å². The number of aromatic nitrogens is 3. The molecule has 0 aliphatic heterocycles. The second kappa shape index (κ2) is 10.0. The molecule has 7 nitrogen and oxygen atoms in total. The number of hydrogen-bond donors (Lipinski definition) is 2. The van der Waals surface area contributed by atoms with Crippen molar-refractivity contribution in [2.45, 2.75) is 25.8 Å². The Morgan fingerprint density at radius 3 is 2.56 bits per heavy atom. The van der Waals surface area contributed by atoms with E-state index < -0.39 is 6.04 Å². The molecule has 0 aliphatic rings. The lowest BCUT2D eigenvalue weighted by Gasteiger charge is -2.13. The summed E-state index contributed by atoms with van der Waals surface area (Å²) in [4.78, 5) is 29.5. The molecule has 2 amide bonds. The minimum Gasteiger partial charge on any atom is -0.326 e. The zero-order valence-electron chi connectivity index (χ0n) is 17.6. The van der Waals surface area contributed by atoms with Gasteiger partial charge in [0.25, 0.3) is 0 Å². The van der Waals surface area contributed by atoms with Crippen LogP contribution >= 0.6 is 11.3 Å². The van der Waals surface area contributed by atoms with E-state index in [1.165, 1.54) is 5.56 Å². The average Bonchev–Trinajstić information content (AvgIpc) is 3.46. The fourth-order valence-electron chi connectivity index (χ4n) is 3.20. The molecular formula is C24H23N5O2S. The summed E-state index contributed by atoms with van der Waals surface area (Å²) in [6, 6.07) is 18.5. The van der Waals surface area contributed by atoms with E-state index in [-0.39, 0.29) is 18.2 Å². The molecule has 0 fully saturated rings. The Kier molecular flexibility index (Phi) is 6.72. The van der Waals surface area contributed by atoms with Crippen LogP contribution in [0.2, 0.25) is 0 Å². The molecule has 162 valence electrons. The first-order valence-electron chi connectivity index (χ1n) is 10.2. The van der Waals surface area contributed by atoms with Crippen molar-refractivity contribution in [3.63, 3.8) is 0 Å². The van der Waals surface area contributed by atoms with Crippen LogP contribution in [0.25, 0.3) is 0 Å².